The second-order valence-corrected chi connectivity index (χ2v) is 3.20. The van der Waals surface area contributed by atoms with Crippen molar-refractivity contribution >= 4 is 0 Å². The van der Waals surface area contributed by atoms with Gasteiger partial charge in [0.05, 0.1) is 12.8 Å². The third-order valence-corrected chi connectivity index (χ3v) is 2.06. The van der Waals surface area contributed by atoms with E-state index in [1.165, 1.54) is 18.3 Å². The number of ether oxygens (including phenoxy) is 1. The summed E-state index contributed by atoms with van der Waals surface area (Å²) in [4.78, 5) is 3.88. The van der Waals surface area contributed by atoms with Gasteiger partial charge in [-0.05, 0) is 18.2 Å². The highest BCUT2D eigenvalue weighted by Gasteiger charge is 2.04. The Kier molecular flexibility index (Phi) is 3.12. The van der Waals surface area contributed by atoms with Crippen molar-refractivity contribution in [2.45, 2.75) is 6.61 Å². The highest BCUT2D eigenvalue weighted by atomic mass is 19.1. The van der Waals surface area contributed by atoms with Gasteiger partial charge >= 0.3 is 0 Å². The van der Waals surface area contributed by atoms with Gasteiger partial charge < -0.3 is 9.84 Å². The third-order valence-electron chi connectivity index (χ3n) is 2.06. The molecule has 4 heteroatoms. The number of aliphatic hydroxyl groups is 1. The molecule has 82 valence electrons. The van der Waals surface area contributed by atoms with Gasteiger partial charge in [-0.25, -0.2) is 4.39 Å². The van der Waals surface area contributed by atoms with Crippen LogP contribution >= 0.6 is 0 Å². The largest absolute Gasteiger partial charge is 0.455 e. The van der Waals surface area contributed by atoms with E-state index in [-0.39, 0.29) is 12.4 Å². The molecule has 1 aromatic carbocycles. The van der Waals surface area contributed by atoms with Gasteiger partial charge in [-0.2, -0.15) is 0 Å². The minimum absolute atomic E-state index is 0.146. The van der Waals surface area contributed by atoms with E-state index in [4.69, 9.17) is 9.84 Å². The summed E-state index contributed by atoms with van der Waals surface area (Å²) in [5.74, 6) is 0.435. The lowest BCUT2D eigenvalue weighted by atomic mass is 10.2. The standard InChI is InChI=1S/C12H10FNO2/c13-10-2-1-3-11(6-10)16-12-7-14-5-4-9(12)8-15/h1-7,15H,8H2. The van der Waals surface area contributed by atoms with Crippen LogP contribution in [0.3, 0.4) is 0 Å². The van der Waals surface area contributed by atoms with Gasteiger partial charge in [0.2, 0.25) is 0 Å². The first-order valence-corrected chi connectivity index (χ1v) is 4.77. The average molecular weight is 219 g/mol. The molecular formula is C12H10FNO2. The molecule has 2 rings (SSSR count). The molecule has 0 saturated heterocycles. The summed E-state index contributed by atoms with van der Waals surface area (Å²) < 4.78 is 18.3. The van der Waals surface area contributed by atoms with Gasteiger partial charge in [0, 0.05) is 17.8 Å². The number of pyridine rings is 1. The Morgan fingerprint density at radius 1 is 1.31 bits per heavy atom. The van der Waals surface area contributed by atoms with Crippen LogP contribution in [0.15, 0.2) is 42.7 Å². The monoisotopic (exact) mass is 219 g/mol. The van der Waals surface area contributed by atoms with Crippen molar-refractivity contribution in [2.75, 3.05) is 0 Å². The summed E-state index contributed by atoms with van der Waals surface area (Å²) in [6.07, 6.45) is 3.04. The number of halogens is 1. The zero-order valence-electron chi connectivity index (χ0n) is 8.43. The summed E-state index contributed by atoms with van der Waals surface area (Å²) >= 11 is 0. The zero-order valence-corrected chi connectivity index (χ0v) is 8.43. The quantitative estimate of drug-likeness (QED) is 0.862. The summed E-state index contributed by atoms with van der Waals surface area (Å²) in [5.41, 5.74) is 0.610. The van der Waals surface area contributed by atoms with E-state index in [9.17, 15) is 4.39 Å². The fourth-order valence-corrected chi connectivity index (χ4v) is 1.29. The average Bonchev–Trinajstić information content (AvgIpc) is 2.30. The van der Waals surface area contributed by atoms with Gasteiger partial charge in [-0.3, -0.25) is 4.98 Å². The van der Waals surface area contributed by atoms with Crippen LogP contribution in [0, 0.1) is 5.82 Å². The summed E-state index contributed by atoms with van der Waals surface area (Å²) in [7, 11) is 0. The normalized spacial score (nSPS) is 10.1. The maximum Gasteiger partial charge on any atom is 0.151 e. The minimum atomic E-state index is -0.369. The molecule has 1 aromatic heterocycles. The molecule has 0 aliphatic carbocycles. The lowest BCUT2D eigenvalue weighted by Gasteiger charge is -2.08. The molecule has 0 aliphatic heterocycles. The fraction of sp³-hybridized carbons (Fsp3) is 0.0833. The van der Waals surface area contributed by atoms with Gasteiger partial charge in [0.15, 0.2) is 5.75 Å². The Morgan fingerprint density at radius 2 is 2.19 bits per heavy atom. The molecule has 16 heavy (non-hydrogen) atoms. The van der Waals surface area contributed by atoms with Gasteiger partial charge in [0.1, 0.15) is 11.6 Å². The lowest BCUT2D eigenvalue weighted by Crippen LogP contribution is -1.92. The summed E-state index contributed by atoms with van der Waals surface area (Å²) in [6.45, 7) is -0.146. The lowest BCUT2D eigenvalue weighted by molar-refractivity contribution is 0.276. The number of hydrogen-bond acceptors (Lipinski definition) is 3. The van der Waals surface area contributed by atoms with Crippen LogP contribution in [0.2, 0.25) is 0 Å². The number of nitrogens with zero attached hydrogens (tertiary/aromatic N) is 1. The summed E-state index contributed by atoms with van der Waals surface area (Å²) in [5, 5.41) is 9.07. The van der Waals surface area contributed by atoms with Crippen LogP contribution in [-0.2, 0) is 6.61 Å². The van der Waals surface area contributed by atoms with Crippen LogP contribution < -0.4 is 4.74 Å². The molecule has 0 atom stereocenters. The van der Waals surface area contributed by atoms with Crippen molar-refractivity contribution < 1.29 is 14.2 Å². The van der Waals surface area contributed by atoms with E-state index in [0.717, 1.165) is 0 Å². The predicted octanol–water partition coefficient (Wildman–Crippen LogP) is 2.51. The van der Waals surface area contributed by atoms with Crippen LogP contribution in [0.1, 0.15) is 5.56 Å². The highest BCUT2D eigenvalue weighted by Crippen LogP contribution is 2.24. The van der Waals surface area contributed by atoms with Crippen LogP contribution in [-0.4, -0.2) is 10.1 Å². The van der Waals surface area contributed by atoms with Crippen molar-refractivity contribution in [3.63, 3.8) is 0 Å². The van der Waals surface area contributed by atoms with E-state index >= 15 is 0 Å². The SMILES string of the molecule is OCc1ccncc1Oc1cccc(F)c1. The van der Waals surface area contributed by atoms with E-state index in [0.29, 0.717) is 17.1 Å². The third kappa shape index (κ3) is 2.35. The summed E-state index contributed by atoms with van der Waals surface area (Å²) in [6, 6.07) is 7.45. The molecule has 3 nitrogen and oxygen atoms in total. The van der Waals surface area contributed by atoms with Crippen LogP contribution in [0.4, 0.5) is 4.39 Å². The van der Waals surface area contributed by atoms with Crippen LogP contribution in [0.5, 0.6) is 11.5 Å². The number of hydrogen-bond donors (Lipinski definition) is 1. The van der Waals surface area contributed by atoms with Crippen LogP contribution in [0.25, 0.3) is 0 Å². The van der Waals surface area contributed by atoms with E-state index in [2.05, 4.69) is 4.98 Å². The maximum absolute atomic E-state index is 12.9. The number of benzene rings is 1. The molecule has 0 bridgehead atoms. The second-order valence-electron chi connectivity index (χ2n) is 3.20. The number of aromatic nitrogens is 1. The second kappa shape index (κ2) is 4.72. The minimum Gasteiger partial charge on any atom is -0.455 e. The maximum atomic E-state index is 12.9. The molecule has 2 aromatic rings. The van der Waals surface area contributed by atoms with Gasteiger partial charge in [-0.15, -0.1) is 0 Å². The molecule has 1 heterocycles. The molecule has 1 N–H and O–H groups in total. The van der Waals surface area contributed by atoms with Gasteiger partial charge in [0.25, 0.3) is 0 Å². The molecule has 0 radical (unpaired) electrons. The van der Waals surface area contributed by atoms with E-state index < -0.39 is 0 Å². The van der Waals surface area contributed by atoms with Crippen molar-refractivity contribution in [2.24, 2.45) is 0 Å². The first-order chi connectivity index (χ1) is 7.79. The number of aliphatic hydroxyl groups excluding tert-OH is 1. The Balaban J connectivity index is 2.26. The Morgan fingerprint density at radius 3 is 2.94 bits per heavy atom. The molecule has 0 spiro atoms. The fourth-order valence-electron chi connectivity index (χ4n) is 1.29. The molecular weight excluding hydrogens is 209 g/mol. The molecule has 0 aliphatic rings. The Hall–Kier alpha value is -1.94. The molecule has 0 amide bonds. The first kappa shape index (κ1) is 10.6. The van der Waals surface area contributed by atoms with Crippen molar-refractivity contribution in [1.82, 2.24) is 4.98 Å². The highest BCUT2D eigenvalue weighted by molar-refractivity contribution is 5.35. The predicted molar refractivity (Wildman–Crippen MR) is 56.6 cm³/mol. The topological polar surface area (TPSA) is 42.4 Å². The number of rotatable bonds is 3. The van der Waals surface area contributed by atoms with Gasteiger partial charge in [-0.1, -0.05) is 6.07 Å². The Labute approximate surface area is 92.1 Å². The molecule has 0 unspecified atom stereocenters. The first-order valence-electron chi connectivity index (χ1n) is 4.77. The zero-order chi connectivity index (χ0) is 11.4. The van der Waals surface area contributed by atoms with E-state index in [1.54, 1.807) is 24.4 Å². The van der Waals surface area contributed by atoms with Crippen molar-refractivity contribution in [3.8, 4) is 11.5 Å². The molecule has 0 saturated carbocycles. The smallest absolute Gasteiger partial charge is 0.151 e. The van der Waals surface area contributed by atoms with E-state index in [1.807, 2.05) is 0 Å². The van der Waals surface area contributed by atoms with Crippen molar-refractivity contribution in [1.29, 1.82) is 0 Å². The van der Waals surface area contributed by atoms with Crippen molar-refractivity contribution in [3.05, 3.63) is 54.1 Å². The molecule has 0 fully saturated rings. The Bertz CT molecular complexity index is 488.